The molecule has 3 nitrogen and oxygen atoms in total. The molecular weight excluding hydrogens is 224 g/mol. The minimum absolute atomic E-state index is 0.0980. The number of ether oxygens (including phenoxy) is 1. The third kappa shape index (κ3) is 10.0. The van der Waals surface area contributed by atoms with Crippen LogP contribution in [0.4, 0.5) is 0 Å². The molecule has 0 saturated heterocycles. The van der Waals surface area contributed by atoms with Crippen molar-refractivity contribution in [2.45, 2.75) is 52.4 Å². The summed E-state index contributed by atoms with van der Waals surface area (Å²) >= 11 is 1.32. The van der Waals surface area contributed by atoms with E-state index in [4.69, 9.17) is 4.74 Å². The standard InChI is InChI=1S/C12H22O3S/c1-3-5-9-15-11(13)7-8-12(14)16-10-6-4-2/h3-10H2,1-2H3. The van der Waals surface area contributed by atoms with Crippen LogP contribution in [-0.2, 0) is 14.3 Å². The zero-order valence-corrected chi connectivity index (χ0v) is 11.1. The third-order valence-electron chi connectivity index (χ3n) is 2.06. The first kappa shape index (κ1) is 15.5. The molecule has 0 atom stereocenters. The van der Waals surface area contributed by atoms with E-state index in [0.717, 1.165) is 31.4 Å². The molecule has 0 aromatic carbocycles. The van der Waals surface area contributed by atoms with Crippen LogP contribution >= 0.6 is 11.8 Å². The Morgan fingerprint density at radius 2 is 1.75 bits per heavy atom. The van der Waals surface area contributed by atoms with Crippen molar-refractivity contribution in [2.24, 2.45) is 0 Å². The van der Waals surface area contributed by atoms with Gasteiger partial charge in [-0.2, -0.15) is 0 Å². The lowest BCUT2D eigenvalue weighted by atomic mass is 10.3. The first-order valence-electron chi connectivity index (χ1n) is 6.02. The molecule has 16 heavy (non-hydrogen) atoms. The maximum Gasteiger partial charge on any atom is 0.306 e. The van der Waals surface area contributed by atoms with Gasteiger partial charge < -0.3 is 4.74 Å². The second kappa shape index (κ2) is 11.0. The number of unbranched alkanes of at least 4 members (excludes halogenated alkanes) is 2. The van der Waals surface area contributed by atoms with Gasteiger partial charge in [-0.05, 0) is 12.8 Å². The van der Waals surface area contributed by atoms with Crippen molar-refractivity contribution in [3.05, 3.63) is 0 Å². The quantitative estimate of drug-likeness (QED) is 0.463. The molecule has 0 saturated carbocycles. The normalized spacial score (nSPS) is 10.1. The van der Waals surface area contributed by atoms with Crippen LogP contribution in [0.3, 0.4) is 0 Å². The largest absolute Gasteiger partial charge is 0.466 e. The Labute approximate surface area is 102 Å². The summed E-state index contributed by atoms with van der Waals surface area (Å²) in [5.41, 5.74) is 0. The Morgan fingerprint density at radius 1 is 1.06 bits per heavy atom. The second-order valence-corrected chi connectivity index (χ2v) is 4.80. The number of carbonyl (C=O) groups excluding carboxylic acids is 2. The van der Waals surface area contributed by atoms with Gasteiger partial charge in [0.25, 0.3) is 0 Å². The van der Waals surface area contributed by atoms with Crippen LogP contribution in [0.2, 0.25) is 0 Å². The van der Waals surface area contributed by atoms with Crippen molar-refractivity contribution < 1.29 is 14.3 Å². The zero-order chi connectivity index (χ0) is 12.2. The molecule has 0 aliphatic carbocycles. The maximum atomic E-state index is 11.3. The molecule has 0 fully saturated rings. The van der Waals surface area contributed by atoms with Gasteiger partial charge in [0.2, 0.25) is 0 Å². The summed E-state index contributed by atoms with van der Waals surface area (Å²) in [6.45, 7) is 4.62. The Bertz CT molecular complexity index is 182. The highest BCUT2D eigenvalue weighted by molar-refractivity contribution is 8.13. The molecule has 0 aromatic heterocycles. The Balaban J connectivity index is 3.40. The lowest BCUT2D eigenvalue weighted by molar-refractivity contribution is -0.144. The second-order valence-electron chi connectivity index (χ2n) is 3.65. The van der Waals surface area contributed by atoms with Crippen molar-refractivity contribution in [1.29, 1.82) is 0 Å². The first-order valence-corrected chi connectivity index (χ1v) is 7.00. The van der Waals surface area contributed by atoms with E-state index in [-0.39, 0.29) is 17.5 Å². The van der Waals surface area contributed by atoms with Crippen molar-refractivity contribution in [1.82, 2.24) is 0 Å². The van der Waals surface area contributed by atoms with E-state index in [2.05, 4.69) is 6.92 Å². The van der Waals surface area contributed by atoms with Gasteiger partial charge in [-0.1, -0.05) is 38.5 Å². The molecule has 0 aromatic rings. The Hall–Kier alpha value is -0.510. The molecule has 0 rings (SSSR count). The summed E-state index contributed by atoms with van der Waals surface area (Å²) < 4.78 is 4.96. The van der Waals surface area contributed by atoms with Gasteiger partial charge in [0.15, 0.2) is 5.12 Å². The van der Waals surface area contributed by atoms with Gasteiger partial charge in [0.1, 0.15) is 0 Å². The fourth-order valence-electron chi connectivity index (χ4n) is 1.01. The average molecular weight is 246 g/mol. The molecule has 0 amide bonds. The third-order valence-corrected chi connectivity index (χ3v) is 3.07. The van der Waals surface area contributed by atoms with Crippen molar-refractivity contribution in [3.63, 3.8) is 0 Å². The average Bonchev–Trinajstić information content (AvgIpc) is 2.27. The van der Waals surface area contributed by atoms with Crippen LogP contribution in [0, 0.1) is 0 Å². The molecule has 0 heterocycles. The molecule has 0 spiro atoms. The van der Waals surface area contributed by atoms with Crippen molar-refractivity contribution in [3.8, 4) is 0 Å². The lowest BCUT2D eigenvalue weighted by Gasteiger charge is -2.03. The monoisotopic (exact) mass is 246 g/mol. The van der Waals surface area contributed by atoms with E-state index in [1.165, 1.54) is 11.8 Å². The predicted octanol–water partition coefficient (Wildman–Crippen LogP) is 3.17. The minimum atomic E-state index is -0.252. The number of hydrogen-bond acceptors (Lipinski definition) is 4. The predicted molar refractivity (Wildman–Crippen MR) is 67.5 cm³/mol. The summed E-state index contributed by atoms with van der Waals surface area (Å²) in [5.74, 6) is 0.609. The fraction of sp³-hybridized carbons (Fsp3) is 0.833. The van der Waals surface area contributed by atoms with E-state index in [1.807, 2.05) is 6.92 Å². The van der Waals surface area contributed by atoms with Crippen LogP contribution in [-0.4, -0.2) is 23.4 Å². The Morgan fingerprint density at radius 3 is 2.38 bits per heavy atom. The number of rotatable bonds is 9. The summed E-state index contributed by atoms with van der Waals surface area (Å²) in [6.07, 6.45) is 4.59. The number of carbonyl (C=O) groups is 2. The van der Waals surface area contributed by atoms with Crippen LogP contribution in [0.25, 0.3) is 0 Å². The highest BCUT2D eigenvalue weighted by atomic mass is 32.2. The first-order chi connectivity index (χ1) is 7.70. The van der Waals surface area contributed by atoms with E-state index in [0.29, 0.717) is 13.0 Å². The molecule has 0 bridgehead atoms. The number of esters is 1. The smallest absolute Gasteiger partial charge is 0.306 e. The van der Waals surface area contributed by atoms with Crippen LogP contribution < -0.4 is 0 Å². The summed E-state index contributed by atoms with van der Waals surface area (Å²) in [7, 11) is 0. The van der Waals surface area contributed by atoms with Gasteiger partial charge in [-0.15, -0.1) is 0 Å². The SMILES string of the molecule is CCCCOC(=O)CCC(=O)SCCCC. The van der Waals surface area contributed by atoms with Crippen molar-refractivity contribution in [2.75, 3.05) is 12.4 Å². The topological polar surface area (TPSA) is 43.4 Å². The van der Waals surface area contributed by atoms with E-state index in [9.17, 15) is 9.59 Å². The van der Waals surface area contributed by atoms with Crippen LogP contribution in [0.15, 0.2) is 0 Å². The fourth-order valence-corrected chi connectivity index (χ4v) is 1.92. The molecule has 0 N–H and O–H groups in total. The van der Waals surface area contributed by atoms with E-state index in [1.54, 1.807) is 0 Å². The molecular formula is C12H22O3S. The van der Waals surface area contributed by atoms with Gasteiger partial charge >= 0.3 is 5.97 Å². The van der Waals surface area contributed by atoms with Gasteiger partial charge in [-0.3, -0.25) is 9.59 Å². The molecule has 0 aliphatic heterocycles. The maximum absolute atomic E-state index is 11.3. The Kier molecular flexibility index (Phi) is 10.6. The highest BCUT2D eigenvalue weighted by Gasteiger charge is 2.07. The lowest BCUT2D eigenvalue weighted by Crippen LogP contribution is -2.07. The number of thioether (sulfide) groups is 1. The molecule has 0 aliphatic rings. The van der Waals surface area contributed by atoms with E-state index >= 15 is 0 Å². The number of hydrogen-bond donors (Lipinski definition) is 0. The summed E-state index contributed by atoms with van der Waals surface area (Å²) in [6, 6.07) is 0. The zero-order valence-electron chi connectivity index (χ0n) is 10.3. The summed E-state index contributed by atoms with van der Waals surface area (Å²) in [4.78, 5) is 22.5. The van der Waals surface area contributed by atoms with Gasteiger partial charge in [0, 0.05) is 12.2 Å². The summed E-state index contributed by atoms with van der Waals surface area (Å²) in [5, 5.41) is 0.0980. The molecule has 0 unspecified atom stereocenters. The minimum Gasteiger partial charge on any atom is -0.466 e. The van der Waals surface area contributed by atoms with Crippen LogP contribution in [0.1, 0.15) is 52.4 Å². The van der Waals surface area contributed by atoms with Crippen LogP contribution in [0.5, 0.6) is 0 Å². The molecule has 94 valence electrons. The highest BCUT2D eigenvalue weighted by Crippen LogP contribution is 2.10. The van der Waals surface area contributed by atoms with Gasteiger partial charge in [-0.25, -0.2) is 0 Å². The van der Waals surface area contributed by atoms with E-state index < -0.39 is 0 Å². The van der Waals surface area contributed by atoms with Crippen molar-refractivity contribution >= 4 is 22.8 Å². The molecule has 4 heteroatoms. The molecule has 0 radical (unpaired) electrons. The van der Waals surface area contributed by atoms with Gasteiger partial charge in [0.05, 0.1) is 13.0 Å².